The van der Waals surface area contributed by atoms with Crippen LogP contribution < -0.4 is 10.0 Å². The van der Waals surface area contributed by atoms with Crippen LogP contribution in [-0.2, 0) is 23.5 Å². The lowest BCUT2D eigenvalue weighted by Gasteiger charge is -2.27. The van der Waals surface area contributed by atoms with Gasteiger partial charge in [-0.2, -0.15) is 5.10 Å². The summed E-state index contributed by atoms with van der Waals surface area (Å²) in [6.45, 7) is 4.67. The molecule has 3 rings (SSSR count). The van der Waals surface area contributed by atoms with E-state index in [0.29, 0.717) is 17.9 Å². The largest absolute Gasteiger partial charge is 0.308 e. The van der Waals surface area contributed by atoms with Gasteiger partial charge in [-0.25, -0.2) is 13.1 Å². The highest BCUT2D eigenvalue weighted by Crippen LogP contribution is 2.23. The Morgan fingerprint density at radius 2 is 2.09 bits per heavy atom. The lowest BCUT2D eigenvalue weighted by molar-refractivity contribution is 0.491. The molecule has 7 heteroatoms. The lowest BCUT2D eigenvalue weighted by atomic mass is 9.95. The van der Waals surface area contributed by atoms with E-state index >= 15 is 0 Å². The molecule has 2 aromatic rings. The van der Waals surface area contributed by atoms with Gasteiger partial charge in [0.05, 0.1) is 11.4 Å². The van der Waals surface area contributed by atoms with Crippen LogP contribution in [0.2, 0.25) is 0 Å². The van der Waals surface area contributed by atoms with Crippen molar-refractivity contribution in [1.29, 1.82) is 0 Å². The highest BCUT2D eigenvalue weighted by atomic mass is 32.2. The molecule has 0 radical (unpaired) electrons. The fraction of sp³-hybridized carbons (Fsp3) is 0.438. The number of rotatable bonds is 4. The molecule has 0 saturated carbocycles. The fourth-order valence-corrected chi connectivity index (χ4v) is 4.66. The lowest BCUT2D eigenvalue weighted by Crippen LogP contribution is -2.39. The molecule has 124 valence electrons. The van der Waals surface area contributed by atoms with E-state index in [1.54, 1.807) is 25.6 Å². The van der Waals surface area contributed by atoms with Crippen molar-refractivity contribution in [1.82, 2.24) is 19.8 Å². The van der Waals surface area contributed by atoms with Gasteiger partial charge in [0, 0.05) is 19.6 Å². The first-order chi connectivity index (χ1) is 10.9. The predicted molar refractivity (Wildman–Crippen MR) is 88.8 cm³/mol. The van der Waals surface area contributed by atoms with E-state index in [2.05, 4.69) is 27.3 Å². The second-order valence-electron chi connectivity index (χ2n) is 5.93. The van der Waals surface area contributed by atoms with Crippen LogP contribution in [0.25, 0.3) is 0 Å². The van der Waals surface area contributed by atoms with Crippen LogP contribution in [-0.4, -0.2) is 31.3 Å². The fourth-order valence-electron chi connectivity index (χ4n) is 3.18. The summed E-state index contributed by atoms with van der Waals surface area (Å²) in [5, 5.41) is 7.58. The topological polar surface area (TPSA) is 76.0 Å². The van der Waals surface area contributed by atoms with Gasteiger partial charge in [-0.05, 0) is 37.9 Å². The Morgan fingerprint density at radius 3 is 2.78 bits per heavy atom. The second kappa shape index (κ2) is 6.07. The number of sulfonamides is 1. The zero-order chi connectivity index (χ0) is 16.6. The minimum Gasteiger partial charge on any atom is -0.308 e. The average Bonchev–Trinajstić information content (AvgIpc) is 2.78. The molecule has 1 aromatic carbocycles. The number of fused-ring (bicyclic) bond motifs is 1. The van der Waals surface area contributed by atoms with Crippen molar-refractivity contribution in [3.05, 3.63) is 46.8 Å². The highest BCUT2D eigenvalue weighted by Gasteiger charge is 2.26. The van der Waals surface area contributed by atoms with Crippen molar-refractivity contribution in [3.63, 3.8) is 0 Å². The molecule has 1 aromatic heterocycles. The Hall–Kier alpha value is -1.70. The maximum absolute atomic E-state index is 12.6. The van der Waals surface area contributed by atoms with Crippen LogP contribution in [0.4, 0.5) is 0 Å². The van der Waals surface area contributed by atoms with Gasteiger partial charge >= 0.3 is 0 Å². The van der Waals surface area contributed by atoms with E-state index < -0.39 is 10.0 Å². The minimum absolute atomic E-state index is 0.00740. The third-order valence-corrected chi connectivity index (χ3v) is 6.08. The number of benzene rings is 1. The van der Waals surface area contributed by atoms with Crippen LogP contribution in [0.15, 0.2) is 29.2 Å². The summed E-state index contributed by atoms with van der Waals surface area (Å²) >= 11 is 0. The Labute approximate surface area is 137 Å². The minimum atomic E-state index is -3.58. The summed E-state index contributed by atoms with van der Waals surface area (Å²) in [4.78, 5) is 0.282. The predicted octanol–water partition coefficient (Wildman–Crippen LogP) is 1.20. The zero-order valence-corrected chi connectivity index (χ0v) is 14.4. The van der Waals surface area contributed by atoms with Gasteiger partial charge in [0.15, 0.2) is 0 Å². The van der Waals surface area contributed by atoms with Crippen molar-refractivity contribution in [2.24, 2.45) is 7.05 Å². The molecule has 6 nitrogen and oxygen atoms in total. The quantitative estimate of drug-likeness (QED) is 0.881. The zero-order valence-electron chi connectivity index (χ0n) is 13.6. The number of aromatic nitrogens is 2. The number of aryl methyl sites for hydroxylation is 2. The molecular weight excluding hydrogens is 312 g/mol. The molecule has 0 amide bonds. The third-order valence-electron chi connectivity index (χ3n) is 4.40. The van der Waals surface area contributed by atoms with Crippen LogP contribution in [0.5, 0.6) is 0 Å². The summed E-state index contributed by atoms with van der Waals surface area (Å²) in [6.07, 6.45) is 0.972. The molecule has 1 atom stereocenters. The first-order valence-electron chi connectivity index (χ1n) is 7.71. The van der Waals surface area contributed by atoms with Crippen LogP contribution in [0, 0.1) is 13.8 Å². The molecule has 0 saturated heterocycles. The Bertz CT molecular complexity index is 827. The van der Waals surface area contributed by atoms with Gasteiger partial charge < -0.3 is 5.32 Å². The average molecular weight is 334 g/mol. The Kier molecular flexibility index (Phi) is 4.27. The molecule has 1 aliphatic heterocycles. The molecule has 0 fully saturated rings. The number of hydrogen-bond acceptors (Lipinski definition) is 4. The van der Waals surface area contributed by atoms with Gasteiger partial charge in [0.25, 0.3) is 0 Å². The maximum atomic E-state index is 12.6. The summed E-state index contributed by atoms with van der Waals surface area (Å²) in [7, 11) is -1.83. The first kappa shape index (κ1) is 16.2. The standard InChI is InChI=1S/C16H22N4O2S/c1-11-16(12(2)20(3)19-11)23(21,22)18-10-15-14-7-5-4-6-13(14)8-9-17-15/h4-7,15,17-18H,8-10H2,1-3H3. The summed E-state index contributed by atoms with van der Waals surface area (Å²) < 4.78 is 29.6. The van der Waals surface area contributed by atoms with E-state index in [9.17, 15) is 8.42 Å². The first-order valence-corrected chi connectivity index (χ1v) is 9.19. The van der Waals surface area contributed by atoms with Crippen molar-refractivity contribution in [2.75, 3.05) is 13.1 Å². The third kappa shape index (κ3) is 3.04. The van der Waals surface area contributed by atoms with Crippen LogP contribution in [0.3, 0.4) is 0 Å². The molecule has 1 aliphatic rings. The van der Waals surface area contributed by atoms with Gasteiger partial charge in [0.1, 0.15) is 4.90 Å². The Morgan fingerprint density at radius 1 is 1.35 bits per heavy atom. The van der Waals surface area contributed by atoms with Crippen molar-refractivity contribution >= 4 is 10.0 Å². The van der Waals surface area contributed by atoms with Gasteiger partial charge in [-0.1, -0.05) is 24.3 Å². The van der Waals surface area contributed by atoms with E-state index in [0.717, 1.165) is 13.0 Å². The van der Waals surface area contributed by atoms with Crippen molar-refractivity contribution < 1.29 is 8.42 Å². The number of nitrogens with zero attached hydrogens (tertiary/aromatic N) is 2. The Balaban J connectivity index is 1.81. The molecule has 0 aliphatic carbocycles. The monoisotopic (exact) mass is 334 g/mol. The van der Waals surface area contributed by atoms with Crippen LogP contribution in [0.1, 0.15) is 28.6 Å². The summed E-state index contributed by atoms with van der Waals surface area (Å²) in [5.74, 6) is 0. The van der Waals surface area contributed by atoms with E-state index in [1.165, 1.54) is 11.1 Å². The SMILES string of the molecule is Cc1nn(C)c(C)c1S(=O)(=O)NCC1NCCc2ccccc21. The summed E-state index contributed by atoms with van der Waals surface area (Å²) in [5.41, 5.74) is 3.62. The van der Waals surface area contributed by atoms with E-state index in [-0.39, 0.29) is 10.9 Å². The molecule has 1 unspecified atom stereocenters. The normalized spacial score (nSPS) is 18.0. The highest BCUT2D eigenvalue weighted by molar-refractivity contribution is 7.89. The van der Waals surface area contributed by atoms with Gasteiger partial charge in [-0.15, -0.1) is 0 Å². The van der Waals surface area contributed by atoms with Gasteiger partial charge in [0.2, 0.25) is 10.0 Å². The van der Waals surface area contributed by atoms with Gasteiger partial charge in [-0.3, -0.25) is 4.68 Å². The molecular formula is C16H22N4O2S. The molecule has 0 spiro atoms. The van der Waals surface area contributed by atoms with Crippen molar-refractivity contribution in [2.45, 2.75) is 31.2 Å². The van der Waals surface area contributed by atoms with Crippen LogP contribution >= 0.6 is 0 Å². The van der Waals surface area contributed by atoms with Crippen molar-refractivity contribution in [3.8, 4) is 0 Å². The smallest absolute Gasteiger partial charge is 0.244 e. The maximum Gasteiger partial charge on any atom is 0.244 e. The molecule has 23 heavy (non-hydrogen) atoms. The van der Waals surface area contributed by atoms with E-state index in [1.807, 2.05) is 12.1 Å². The summed E-state index contributed by atoms with van der Waals surface area (Å²) in [6, 6.07) is 8.16. The number of hydrogen-bond donors (Lipinski definition) is 2. The molecule has 2 N–H and O–H groups in total. The second-order valence-corrected chi connectivity index (χ2v) is 7.63. The van der Waals surface area contributed by atoms with E-state index in [4.69, 9.17) is 0 Å². The molecule has 2 heterocycles. The number of nitrogens with one attached hydrogen (secondary N) is 2. The molecule has 0 bridgehead atoms.